The van der Waals surface area contributed by atoms with Gasteiger partial charge in [-0.25, -0.2) is 0 Å². The zero-order valence-electron chi connectivity index (χ0n) is 11.8. The van der Waals surface area contributed by atoms with Crippen LogP contribution in [-0.4, -0.2) is 15.7 Å². The van der Waals surface area contributed by atoms with Gasteiger partial charge in [0.25, 0.3) is 0 Å². The van der Waals surface area contributed by atoms with Crippen molar-refractivity contribution in [1.82, 2.24) is 9.78 Å². The van der Waals surface area contributed by atoms with Crippen LogP contribution in [0, 0.1) is 13.8 Å². The Morgan fingerprint density at radius 2 is 2.00 bits per heavy atom. The van der Waals surface area contributed by atoms with E-state index >= 15 is 0 Å². The molecule has 0 saturated carbocycles. The van der Waals surface area contributed by atoms with Crippen molar-refractivity contribution in [3.8, 4) is 0 Å². The molecule has 0 unspecified atom stereocenters. The number of thioether (sulfide) groups is 1. The lowest BCUT2D eigenvalue weighted by Crippen LogP contribution is -2.09. The molecule has 1 aromatic heterocycles. The lowest BCUT2D eigenvalue weighted by atomic mass is 10.3. The van der Waals surface area contributed by atoms with Gasteiger partial charge in [-0.15, -0.1) is 0 Å². The summed E-state index contributed by atoms with van der Waals surface area (Å²) in [5.74, 6) is -0.146. The maximum atomic E-state index is 11.9. The van der Waals surface area contributed by atoms with Gasteiger partial charge >= 0.3 is 0 Å². The van der Waals surface area contributed by atoms with Crippen LogP contribution in [0.25, 0.3) is 0 Å². The predicted molar refractivity (Wildman–Crippen MR) is 82.8 cm³/mol. The van der Waals surface area contributed by atoms with Crippen molar-refractivity contribution in [2.24, 2.45) is 7.05 Å². The summed E-state index contributed by atoms with van der Waals surface area (Å²) >= 11 is 1.51. The number of carbonyl (C=O) groups excluding carboxylic acids is 1. The van der Waals surface area contributed by atoms with Gasteiger partial charge in [0.2, 0.25) is 5.91 Å². The van der Waals surface area contributed by atoms with Crippen LogP contribution in [-0.2, 0) is 11.8 Å². The molecule has 0 aliphatic carbocycles. The minimum absolute atomic E-state index is 0.146. The van der Waals surface area contributed by atoms with Crippen LogP contribution in [0.2, 0.25) is 0 Å². The van der Waals surface area contributed by atoms with Crippen molar-refractivity contribution in [1.29, 1.82) is 0 Å². The van der Waals surface area contributed by atoms with Gasteiger partial charge < -0.3 is 5.32 Å². The minimum Gasteiger partial charge on any atom is -0.319 e. The Bertz CT molecular complexity index is 632. The second-order valence-corrected chi connectivity index (χ2v) is 5.37. The maximum Gasteiger partial charge on any atom is 0.248 e. The van der Waals surface area contributed by atoms with Gasteiger partial charge in [-0.2, -0.15) is 5.10 Å². The minimum atomic E-state index is -0.146. The first kappa shape index (κ1) is 14.4. The molecule has 0 atom stereocenters. The molecule has 2 rings (SSSR count). The number of rotatable bonds is 4. The molecule has 20 heavy (non-hydrogen) atoms. The summed E-state index contributed by atoms with van der Waals surface area (Å²) < 4.78 is 1.76. The molecular formula is C15H17N3OS. The van der Waals surface area contributed by atoms with Crippen LogP contribution < -0.4 is 5.32 Å². The Kier molecular flexibility index (Phi) is 4.63. The van der Waals surface area contributed by atoms with E-state index in [2.05, 4.69) is 10.4 Å². The van der Waals surface area contributed by atoms with Gasteiger partial charge in [-0.1, -0.05) is 30.0 Å². The Labute approximate surface area is 122 Å². The zero-order chi connectivity index (χ0) is 14.5. The predicted octanol–water partition coefficient (Wildman–Crippen LogP) is 3.28. The van der Waals surface area contributed by atoms with Crippen LogP contribution in [0.1, 0.15) is 11.4 Å². The highest BCUT2D eigenvalue weighted by atomic mass is 32.2. The SMILES string of the molecule is Cc1nn(C)c(C)c1NC(=O)C=CSc1ccccc1. The van der Waals surface area contributed by atoms with E-state index in [4.69, 9.17) is 0 Å². The van der Waals surface area contributed by atoms with Crippen LogP contribution in [0.15, 0.2) is 46.7 Å². The van der Waals surface area contributed by atoms with Gasteiger partial charge in [-0.05, 0) is 31.4 Å². The second-order valence-electron chi connectivity index (χ2n) is 4.39. The van der Waals surface area contributed by atoms with E-state index in [-0.39, 0.29) is 5.91 Å². The molecule has 104 valence electrons. The first-order valence-electron chi connectivity index (χ1n) is 6.27. The zero-order valence-corrected chi connectivity index (χ0v) is 12.6. The largest absolute Gasteiger partial charge is 0.319 e. The van der Waals surface area contributed by atoms with E-state index in [0.717, 1.165) is 22.0 Å². The molecule has 0 saturated heterocycles. The molecule has 1 heterocycles. The van der Waals surface area contributed by atoms with Crippen molar-refractivity contribution in [3.63, 3.8) is 0 Å². The van der Waals surface area contributed by atoms with E-state index in [1.807, 2.05) is 51.2 Å². The van der Waals surface area contributed by atoms with E-state index in [0.29, 0.717) is 0 Å². The number of nitrogens with one attached hydrogen (secondary N) is 1. The van der Waals surface area contributed by atoms with Crippen LogP contribution in [0.3, 0.4) is 0 Å². The fourth-order valence-electron chi connectivity index (χ4n) is 1.79. The number of amides is 1. The molecule has 0 radical (unpaired) electrons. The summed E-state index contributed by atoms with van der Waals surface area (Å²) in [4.78, 5) is 13.0. The van der Waals surface area contributed by atoms with Gasteiger partial charge in [0.15, 0.2) is 0 Å². The van der Waals surface area contributed by atoms with Gasteiger partial charge in [-0.3, -0.25) is 9.48 Å². The number of benzene rings is 1. The highest BCUT2D eigenvalue weighted by Gasteiger charge is 2.10. The highest BCUT2D eigenvalue weighted by Crippen LogP contribution is 2.20. The van der Waals surface area contributed by atoms with Crippen LogP contribution in [0.5, 0.6) is 0 Å². The highest BCUT2D eigenvalue weighted by molar-refractivity contribution is 8.02. The Hall–Kier alpha value is -2.01. The topological polar surface area (TPSA) is 46.9 Å². The summed E-state index contributed by atoms with van der Waals surface area (Å²) in [6.45, 7) is 3.81. The lowest BCUT2D eigenvalue weighted by molar-refractivity contribution is -0.111. The van der Waals surface area contributed by atoms with E-state index < -0.39 is 0 Å². The molecule has 4 nitrogen and oxygen atoms in total. The van der Waals surface area contributed by atoms with Crippen LogP contribution in [0.4, 0.5) is 5.69 Å². The molecule has 2 aromatic rings. The summed E-state index contributed by atoms with van der Waals surface area (Å²) in [6, 6.07) is 9.91. The summed E-state index contributed by atoms with van der Waals surface area (Å²) in [5.41, 5.74) is 2.55. The first-order chi connectivity index (χ1) is 9.58. The van der Waals surface area contributed by atoms with Crippen molar-refractivity contribution in [3.05, 3.63) is 53.2 Å². The average Bonchev–Trinajstić information content (AvgIpc) is 2.67. The monoisotopic (exact) mass is 287 g/mol. The Morgan fingerprint density at radius 1 is 1.30 bits per heavy atom. The normalized spacial score (nSPS) is 10.9. The van der Waals surface area contributed by atoms with Crippen molar-refractivity contribution in [2.75, 3.05) is 5.32 Å². The molecule has 1 N–H and O–H groups in total. The number of nitrogens with zero attached hydrogens (tertiary/aromatic N) is 2. The fraction of sp³-hybridized carbons (Fsp3) is 0.200. The third-order valence-electron chi connectivity index (χ3n) is 2.92. The van der Waals surface area contributed by atoms with Crippen molar-refractivity contribution < 1.29 is 4.79 Å². The molecule has 0 fully saturated rings. The fourth-order valence-corrected chi connectivity index (χ4v) is 2.46. The number of anilines is 1. The van der Waals surface area contributed by atoms with Crippen LogP contribution >= 0.6 is 11.8 Å². The van der Waals surface area contributed by atoms with E-state index in [9.17, 15) is 4.79 Å². The Balaban J connectivity index is 1.96. The summed E-state index contributed by atoms with van der Waals surface area (Å²) in [7, 11) is 1.86. The molecule has 0 aliphatic heterocycles. The smallest absolute Gasteiger partial charge is 0.248 e. The molecule has 0 aliphatic rings. The summed E-state index contributed by atoms with van der Waals surface area (Å²) in [5, 5.41) is 8.91. The molecule has 5 heteroatoms. The number of carbonyl (C=O) groups is 1. The third kappa shape index (κ3) is 3.51. The number of aromatic nitrogens is 2. The van der Waals surface area contributed by atoms with Crippen molar-refractivity contribution in [2.45, 2.75) is 18.7 Å². The quantitative estimate of drug-likeness (QED) is 0.693. The van der Waals surface area contributed by atoms with E-state index in [1.54, 1.807) is 10.1 Å². The number of aryl methyl sites for hydroxylation is 2. The Morgan fingerprint density at radius 3 is 2.60 bits per heavy atom. The third-order valence-corrected chi connectivity index (χ3v) is 3.74. The molecular weight excluding hydrogens is 270 g/mol. The van der Waals surface area contributed by atoms with E-state index in [1.165, 1.54) is 17.8 Å². The van der Waals surface area contributed by atoms with Crippen molar-refractivity contribution >= 4 is 23.4 Å². The molecule has 0 bridgehead atoms. The standard InChI is InChI=1S/C15H17N3OS/c1-11-15(12(2)18(3)17-11)16-14(19)9-10-20-13-7-5-4-6-8-13/h4-10H,1-3H3,(H,16,19). The average molecular weight is 287 g/mol. The second kappa shape index (κ2) is 6.43. The van der Waals surface area contributed by atoms with Gasteiger partial charge in [0.05, 0.1) is 17.1 Å². The summed E-state index contributed by atoms with van der Waals surface area (Å²) in [6.07, 6.45) is 1.53. The maximum absolute atomic E-state index is 11.9. The number of hydrogen-bond donors (Lipinski definition) is 1. The molecule has 0 spiro atoms. The van der Waals surface area contributed by atoms with Gasteiger partial charge in [0.1, 0.15) is 0 Å². The van der Waals surface area contributed by atoms with Gasteiger partial charge in [0, 0.05) is 18.0 Å². The lowest BCUT2D eigenvalue weighted by Gasteiger charge is -2.02. The molecule has 1 aromatic carbocycles. The number of hydrogen-bond acceptors (Lipinski definition) is 3. The first-order valence-corrected chi connectivity index (χ1v) is 7.15. The molecule has 1 amide bonds.